The monoisotopic (exact) mass is 417 g/mol. The first-order valence-corrected chi connectivity index (χ1v) is 11.9. The highest BCUT2D eigenvalue weighted by Gasteiger charge is 2.33. The lowest BCUT2D eigenvalue weighted by Gasteiger charge is -2.32. The molecule has 0 bridgehead atoms. The maximum Gasteiger partial charge on any atom is 0.247 e. The van der Waals surface area contributed by atoms with E-state index >= 15 is 0 Å². The second-order valence-electron chi connectivity index (χ2n) is 8.06. The van der Waals surface area contributed by atoms with E-state index in [1.54, 1.807) is 4.31 Å². The van der Waals surface area contributed by atoms with Crippen LogP contribution in [-0.2, 0) is 16.6 Å². The highest BCUT2D eigenvalue weighted by atomic mass is 32.2. The van der Waals surface area contributed by atoms with Crippen molar-refractivity contribution >= 4 is 10.0 Å². The quantitative estimate of drug-likeness (QED) is 0.753. The summed E-state index contributed by atoms with van der Waals surface area (Å²) in [6.07, 6.45) is 0. The number of nitrogens with one attached hydrogen (secondary N) is 1. The average molecular weight is 418 g/mol. The molecule has 6 heteroatoms. The van der Waals surface area contributed by atoms with E-state index in [1.165, 1.54) is 10.5 Å². The fourth-order valence-corrected chi connectivity index (χ4v) is 5.60. The van der Waals surface area contributed by atoms with Gasteiger partial charge in [0.1, 0.15) is 17.2 Å². The number of hydrogen-bond acceptors (Lipinski definition) is 3. The van der Waals surface area contributed by atoms with Crippen LogP contribution in [0.1, 0.15) is 43.4 Å². The van der Waals surface area contributed by atoms with Gasteiger partial charge < -0.3 is 9.64 Å². The molecular formula is C23H33N2O3S+. The van der Waals surface area contributed by atoms with Crippen molar-refractivity contribution in [2.75, 3.05) is 32.8 Å². The molecular weight excluding hydrogens is 384 g/mol. The third-order valence-corrected chi connectivity index (χ3v) is 7.52. The Morgan fingerprint density at radius 1 is 1.10 bits per heavy atom. The molecule has 158 valence electrons. The van der Waals surface area contributed by atoms with Crippen LogP contribution in [0.4, 0.5) is 0 Å². The Bertz CT molecular complexity index is 919. The second-order valence-corrected chi connectivity index (χ2v) is 9.97. The van der Waals surface area contributed by atoms with Crippen LogP contribution >= 0.6 is 0 Å². The molecule has 0 amide bonds. The number of ether oxygens (including phenoxy) is 1. The Balaban J connectivity index is 1.79. The molecule has 2 aromatic carbocycles. The van der Waals surface area contributed by atoms with E-state index in [0.29, 0.717) is 30.3 Å². The fourth-order valence-electron chi connectivity index (χ4n) is 4.01. The summed E-state index contributed by atoms with van der Waals surface area (Å²) in [6, 6.07) is 14.1. The number of sulfonamides is 1. The van der Waals surface area contributed by atoms with Gasteiger partial charge in [0, 0.05) is 5.56 Å². The van der Waals surface area contributed by atoms with Gasteiger partial charge in [-0.05, 0) is 43.0 Å². The number of rotatable bonds is 7. The molecule has 1 heterocycles. The predicted molar refractivity (Wildman–Crippen MR) is 116 cm³/mol. The van der Waals surface area contributed by atoms with E-state index in [9.17, 15) is 8.42 Å². The molecule has 5 nitrogen and oxygen atoms in total. The molecule has 1 N–H and O–H groups in total. The van der Waals surface area contributed by atoms with Gasteiger partial charge in [-0.15, -0.1) is 0 Å². The third kappa shape index (κ3) is 5.00. The van der Waals surface area contributed by atoms with Gasteiger partial charge in [0.15, 0.2) is 0 Å². The Labute approximate surface area is 175 Å². The third-order valence-electron chi connectivity index (χ3n) is 5.60. The summed E-state index contributed by atoms with van der Waals surface area (Å²) in [4.78, 5) is 1.72. The Hall–Kier alpha value is -1.89. The van der Waals surface area contributed by atoms with Crippen molar-refractivity contribution in [1.82, 2.24) is 4.31 Å². The maximum absolute atomic E-state index is 13.5. The molecule has 3 rings (SSSR count). The zero-order valence-corrected chi connectivity index (χ0v) is 18.8. The highest BCUT2D eigenvalue weighted by Crippen LogP contribution is 2.33. The number of nitrogens with zero attached hydrogens (tertiary/aromatic N) is 1. The Morgan fingerprint density at radius 3 is 2.34 bits per heavy atom. The summed E-state index contributed by atoms with van der Waals surface area (Å²) in [5.74, 6) is 0.722. The van der Waals surface area contributed by atoms with Crippen molar-refractivity contribution in [3.05, 3.63) is 59.2 Å². The van der Waals surface area contributed by atoms with E-state index in [2.05, 4.69) is 38.1 Å². The largest absolute Gasteiger partial charge is 0.492 e. The molecule has 2 aromatic rings. The first-order valence-electron chi connectivity index (χ1n) is 10.5. The first-order chi connectivity index (χ1) is 13.8. The topological polar surface area (TPSA) is 51.1 Å². The van der Waals surface area contributed by atoms with Crippen molar-refractivity contribution in [2.24, 2.45) is 0 Å². The lowest BCUT2D eigenvalue weighted by Crippen LogP contribution is -3.13. The van der Waals surface area contributed by atoms with Crippen LogP contribution in [0.15, 0.2) is 47.4 Å². The zero-order valence-electron chi connectivity index (χ0n) is 17.9. The minimum atomic E-state index is -3.59. The molecule has 0 unspecified atom stereocenters. The van der Waals surface area contributed by atoms with Gasteiger partial charge in [0.05, 0.1) is 32.8 Å². The van der Waals surface area contributed by atoms with E-state index in [-0.39, 0.29) is 5.92 Å². The second kappa shape index (κ2) is 9.28. The highest BCUT2D eigenvalue weighted by molar-refractivity contribution is 7.89. The smallest absolute Gasteiger partial charge is 0.247 e. The van der Waals surface area contributed by atoms with Crippen LogP contribution in [0, 0.1) is 6.92 Å². The number of piperazine rings is 1. The summed E-state index contributed by atoms with van der Waals surface area (Å²) in [7, 11) is -3.59. The molecule has 0 spiro atoms. The van der Waals surface area contributed by atoms with Crippen LogP contribution in [0.5, 0.6) is 5.75 Å². The average Bonchev–Trinajstić information content (AvgIpc) is 2.69. The summed E-state index contributed by atoms with van der Waals surface area (Å²) < 4.78 is 34.3. The standard InChI is InChI=1S/C23H32N2O3S/c1-5-28-22-15-19(4)21(18(2)3)16-23(22)29(26,27)25-13-11-24(12-14-25)17-20-9-7-6-8-10-20/h6-10,15-16,18H,5,11-14,17H2,1-4H3/p+1. The van der Waals surface area contributed by atoms with Crippen LogP contribution in [0.25, 0.3) is 0 Å². The van der Waals surface area contributed by atoms with E-state index < -0.39 is 10.0 Å². The van der Waals surface area contributed by atoms with Crippen molar-refractivity contribution < 1.29 is 18.1 Å². The van der Waals surface area contributed by atoms with Crippen LogP contribution in [0.3, 0.4) is 0 Å². The molecule has 1 aliphatic heterocycles. The van der Waals surface area contributed by atoms with Gasteiger partial charge in [-0.1, -0.05) is 44.2 Å². The first kappa shape index (κ1) is 21.8. The van der Waals surface area contributed by atoms with Gasteiger partial charge in [-0.2, -0.15) is 4.31 Å². The number of hydrogen-bond donors (Lipinski definition) is 1. The molecule has 1 fully saturated rings. The lowest BCUT2D eigenvalue weighted by molar-refractivity contribution is -0.917. The lowest BCUT2D eigenvalue weighted by atomic mass is 9.98. The summed E-state index contributed by atoms with van der Waals surface area (Å²) in [6.45, 7) is 12.1. The van der Waals surface area contributed by atoms with Crippen molar-refractivity contribution in [1.29, 1.82) is 0 Å². The Kier molecular flexibility index (Phi) is 6.98. The normalized spacial score (nSPS) is 16.3. The minimum Gasteiger partial charge on any atom is -0.492 e. The summed E-state index contributed by atoms with van der Waals surface area (Å²) in [5.41, 5.74) is 3.41. The molecule has 0 saturated carbocycles. The molecule has 0 aliphatic carbocycles. The van der Waals surface area contributed by atoms with Gasteiger partial charge in [-0.25, -0.2) is 8.42 Å². The van der Waals surface area contributed by atoms with Crippen LogP contribution in [0.2, 0.25) is 0 Å². The minimum absolute atomic E-state index is 0.256. The predicted octanol–water partition coefficient (Wildman–Crippen LogP) is 2.61. The van der Waals surface area contributed by atoms with Crippen molar-refractivity contribution in [3.8, 4) is 5.75 Å². The molecule has 0 radical (unpaired) electrons. The summed E-state index contributed by atoms with van der Waals surface area (Å²) >= 11 is 0. The van der Waals surface area contributed by atoms with Crippen molar-refractivity contribution in [3.63, 3.8) is 0 Å². The number of benzene rings is 2. The zero-order chi connectivity index (χ0) is 21.0. The number of aryl methyl sites for hydroxylation is 1. The fraction of sp³-hybridized carbons (Fsp3) is 0.478. The molecule has 0 atom stereocenters. The van der Waals surface area contributed by atoms with E-state index in [1.807, 2.05) is 32.0 Å². The van der Waals surface area contributed by atoms with Gasteiger partial charge in [0.25, 0.3) is 0 Å². The molecule has 29 heavy (non-hydrogen) atoms. The SMILES string of the molecule is CCOc1cc(C)c(C(C)C)cc1S(=O)(=O)N1CC[NH+](Cc2ccccc2)CC1. The Morgan fingerprint density at radius 2 is 1.76 bits per heavy atom. The molecule has 1 saturated heterocycles. The van der Waals surface area contributed by atoms with E-state index in [0.717, 1.165) is 30.8 Å². The van der Waals surface area contributed by atoms with Crippen LogP contribution < -0.4 is 9.64 Å². The van der Waals surface area contributed by atoms with Crippen LogP contribution in [-0.4, -0.2) is 45.5 Å². The summed E-state index contributed by atoms with van der Waals surface area (Å²) in [5, 5.41) is 0. The molecule has 1 aliphatic rings. The van der Waals surface area contributed by atoms with Gasteiger partial charge in [0.2, 0.25) is 10.0 Å². The molecule has 0 aromatic heterocycles. The van der Waals surface area contributed by atoms with Gasteiger partial charge >= 0.3 is 0 Å². The maximum atomic E-state index is 13.5. The number of quaternary nitrogens is 1. The van der Waals surface area contributed by atoms with Crippen molar-refractivity contribution in [2.45, 2.75) is 45.1 Å². The van der Waals surface area contributed by atoms with Gasteiger partial charge in [-0.3, -0.25) is 0 Å². The van der Waals surface area contributed by atoms with E-state index in [4.69, 9.17) is 4.74 Å².